The summed E-state index contributed by atoms with van der Waals surface area (Å²) in [5, 5.41) is 5.43. The highest BCUT2D eigenvalue weighted by Gasteiger charge is 2.24. The first-order valence-electron chi connectivity index (χ1n) is 8.45. The van der Waals surface area contributed by atoms with Gasteiger partial charge >= 0.3 is 0 Å². The molecule has 1 aliphatic rings. The maximum absolute atomic E-state index is 14.1. The lowest BCUT2D eigenvalue weighted by Gasteiger charge is -2.22. The molecule has 2 amide bonds. The number of piperidine rings is 1. The summed E-state index contributed by atoms with van der Waals surface area (Å²) in [5.41, 5.74) is 1.68. The van der Waals surface area contributed by atoms with Gasteiger partial charge in [0.1, 0.15) is 11.9 Å². The maximum atomic E-state index is 14.1. The molecular formula is C20H19FN2O3. The number of hydrogen-bond acceptors (Lipinski definition) is 3. The van der Waals surface area contributed by atoms with Crippen LogP contribution >= 0.6 is 0 Å². The lowest BCUT2D eigenvalue weighted by atomic mass is 9.99. The Balaban J connectivity index is 1.78. The number of halogens is 1. The van der Waals surface area contributed by atoms with Crippen molar-refractivity contribution in [2.24, 2.45) is 0 Å². The number of rotatable bonds is 4. The Kier molecular flexibility index (Phi) is 5.11. The first-order chi connectivity index (χ1) is 12.5. The van der Waals surface area contributed by atoms with Crippen molar-refractivity contribution >= 4 is 17.6 Å². The molecule has 3 rings (SSSR count). The lowest BCUT2D eigenvalue weighted by Crippen LogP contribution is -2.50. The van der Waals surface area contributed by atoms with Crippen LogP contribution in [0.15, 0.2) is 42.5 Å². The molecule has 1 fully saturated rings. The predicted octanol–water partition coefficient (Wildman–Crippen LogP) is 2.70. The zero-order chi connectivity index (χ0) is 18.7. The highest BCUT2D eigenvalue weighted by Crippen LogP contribution is 2.25. The summed E-state index contributed by atoms with van der Waals surface area (Å²) in [6.45, 7) is 2.05. The molecule has 0 saturated carbocycles. The van der Waals surface area contributed by atoms with Gasteiger partial charge in [0.15, 0.2) is 5.78 Å². The van der Waals surface area contributed by atoms with Crippen LogP contribution in [0.4, 0.5) is 4.39 Å². The van der Waals surface area contributed by atoms with E-state index in [9.17, 15) is 18.8 Å². The molecule has 0 bridgehead atoms. The molecule has 1 aliphatic heterocycles. The summed E-state index contributed by atoms with van der Waals surface area (Å²) in [5.74, 6) is -1.11. The molecular weight excluding hydrogens is 335 g/mol. The van der Waals surface area contributed by atoms with Crippen molar-refractivity contribution in [2.45, 2.75) is 25.8 Å². The Hall–Kier alpha value is -3.02. The normalized spacial score (nSPS) is 16.7. The second kappa shape index (κ2) is 7.47. The van der Waals surface area contributed by atoms with Crippen molar-refractivity contribution in [3.05, 3.63) is 59.4 Å². The molecule has 0 radical (unpaired) electrons. The Morgan fingerprint density at radius 3 is 2.46 bits per heavy atom. The van der Waals surface area contributed by atoms with Gasteiger partial charge in [0, 0.05) is 23.2 Å². The third kappa shape index (κ3) is 3.79. The number of benzene rings is 2. The molecule has 0 aromatic heterocycles. The molecule has 2 aromatic carbocycles. The first kappa shape index (κ1) is 17.8. The summed E-state index contributed by atoms with van der Waals surface area (Å²) in [4.78, 5) is 35.5. The zero-order valence-electron chi connectivity index (χ0n) is 14.3. The molecule has 0 aliphatic carbocycles. The van der Waals surface area contributed by atoms with Gasteiger partial charge < -0.3 is 10.6 Å². The largest absolute Gasteiger partial charge is 0.354 e. The standard InChI is InChI=1S/C20H19FN2O3/c1-12(24)15-8-9-17(21)16(11-15)13-4-6-14(7-5-13)19(25)23-18-3-2-10-22-20(18)26/h4-9,11,18H,2-3,10H2,1H3,(H,22,26)(H,23,25)/t18-/m1/s1. The Morgan fingerprint density at radius 2 is 1.81 bits per heavy atom. The van der Waals surface area contributed by atoms with Crippen molar-refractivity contribution < 1.29 is 18.8 Å². The predicted molar refractivity (Wildman–Crippen MR) is 95.3 cm³/mol. The average Bonchev–Trinajstić information content (AvgIpc) is 2.64. The molecule has 1 heterocycles. The minimum absolute atomic E-state index is 0.145. The number of amides is 2. The van der Waals surface area contributed by atoms with E-state index in [1.165, 1.54) is 25.1 Å². The number of hydrogen-bond donors (Lipinski definition) is 2. The molecule has 5 nitrogen and oxygen atoms in total. The van der Waals surface area contributed by atoms with E-state index in [-0.39, 0.29) is 17.6 Å². The van der Waals surface area contributed by atoms with Crippen molar-refractivity contribution in [3.63, 3.8) is 0 Å². The number of ketones is 1. The van der Waals surface area contributed by atoms with Crippen LogP contribution in [0.5, 0.6) is 0 Å². The second-order valence-corrected chi connectivity index (χ2v) is 6.29. The Morgan fingerprint density at radius 1 is 1.12 bits per heavy atom. The van der Waals surface area contributed by atoms with Crippen LogP contribution in [0.25, 0.3) is 11.1 Å². The maximum Gasteiger partial charge on any atom is 0.251 e. The zero-order valence-corrected chi connectivity index (χ0v) is 14.3. The first-order valence-corrected chi connectivity index (χ1v) is 8.45. The number of Topliss-reactive ketones (excluding diaryl/α,β-unsaturated/α-hetero) is 1. The van der Waals surface area contributed by atoms with E-state index in [4.69, 9.17) is 0 Å². The van der Waals surface area contributed by atoms with Gasteiger partial charge in [0.25, 0.3) is 5.91 Å². The fraction of sp³-hybridized carbons (Fsp3) is 0.250. The van der Waals surface area contributed by atoms with Gasteiger partial charge in [-0.3, -0.25) is 14.4 Å². The van der Waals surface area contributed by atoms with E-state index in [0.717, 1.165) is 6.42 Å². The fourth-order valence-corrected chi connectivity index (χ4v) is 2.92. The smallest absolute Gasteiger partial charge is 0.251 e. The molecule has 1 saturated heterocycles. The van der Waals surface area contributed by atoms with Gasteiger partial charge in [-0.1, -0.05) is 12.1 Å². The van der Waals surface area contributed by atoms with Gasteiger partial charge in [-0.15, -0.1) is 0 Å². The summed E-state index contributed by atoms with van der Waals surface area (Å²) in [6.07, 6.45) is 1.43. The van der Waals surface area contributed by atoms with E-state index >= 15 is 0 Å². The van der Waals surface area contributed by atoms with E-state index in [1.807, 2.05) is 0 Å². The molecule has 6 heteroatoms. The SMILES string of the molecule is CC(=O)c1ccc(F)c(-c2ccc(C(=O)N[C@@H]3CCCNC3=O)cc2)c1. The second-order valence-electron chi connectivity index (χ2n) is 6.29. The average molecular weight is 354 g/mol. The highest BCUT2D eigenvalue weighted by molar-refractivity contribution is 5.98. The monoisotopic (exact) mass is 354 g/mol. The topological polar surface area (TPSA) is 75.3 Å². The van der Waals surface area contributed by atoms with Crippen molar-refractivity contribution in [1.29, 1.82) is 0 Å². The molecule has 1 atom stereocenters. The van der Waals surface area contributed by atoms with Crippen LogP contribution in [0.3, 0.4) is 0 Å². The molecule has 0 unspecified atom stereocenters. The van der Waals surface area contributed by atoms with Crippen LogP contribution in [-0.4, -0.2) is 30.2 Å². The van der Waals surface area contributed by atoms with Crippen molar-refractivity contribution in [2.75, 3.05) is 6.54 Å². The van der Waals surface area contributed by atoms with E-state index in [2.05, 4.69) is 10.6 Å². The van der Waals surface area contributed by atoms with Gasteiger partial charge in [0.05, 0.1) is 0 Å². The highest BCUT2D eigenvalue weighted by atomic mass is 19.1. The summed E-state index contributed by atoms with van der Waals surface area (Å²) in [6, 6.07) is 10.1. The minimum Gasteiger partial charge on any atom is -0.354 e. The third-order valence-electron chi connectivity index (χ3n) is 4.42. The Labute approximate surface area is 150 Å². The molecule has 2 aromatic rings. The van der Waals surface area contributed by atoms with Gasteiger partial charge in [-0.25, -0.2) is 4.39 Å². The van der Waals surface area contributed by atoms with E-state index in [0.29, 0.717) is 35.2 Å². The number of nitrogens with one attached hydrogen (secondary N) is 2. The van der Waals surface area contributed by atoms with E-state index in [1.54, 1.807) is 24.3 Å². The third-order valence-corrected chi connectivity index (χ3v) is 4.42. The van der Waals surface area contributed by atoms with Crippen LogP contribution in [0.1, 0.15) is 40.5 Å². The quantitative estimate of drug-likeness (QED) is 0.829. The minimum atomic E-state index is -0.527. The van der Waals surface area contributed by atoms with Gasteiger partial charge in [-0.05, 0) is 55.7 Å². The van der Waals surface area contributed by atoms with E-state index < -0.39 is 11.9 Å². The van der Waals surface area contributed by atoms with Crippen LogP contribution in [-0.2, 0) is 4.79 Å². The Bertz CT molecular complexity index is 862. The fourth-order valence-electron chi connectivity index (χ4n) is 2.92. The molecule has 26 heavy (non-hydrogen) atoms. The van der Waals surface area contributed by atoms with Crippen molar-refractivity contribution in [1.82, 2.24) is 10.6 Å². The summed E-state index contributed by atoms with van der Waals surface area (Å²) in [7, 11) is 0. The van der Waals surface area contributed by atoms with Gasteiger partial charge in [-0.2, -0.15) is 0 Å². The van der Waals surface area contributed by atoms with Gasteiger partial charge in [0.2, 0.25) is 5.91 Å². The lowest BCUT2D eigenvalue weighted by molar-refractivity contribution is -0.124. The van der Waals surface area contributed by atoms with Crippen molar-refractivity contribution in [3.8, 4) is 11.1 Å². The van der Waals surface area contributed by atoms with Crippen LogP contribution < -0.4 is 10.6 Å². The van der Waals surface area contributed by atoms with Crippen LogP contribution in [0.2, 0.25) is 0 Å². The molecule has 0 spiro atoms. The number of carbonyl (C=O) groups excluding carboxylic acids is 3. The molecule has 2 N–H and O–H groups in total. The summed E-state index contributed by atoms with van der Waals surface area (Å²) >= 11 is 0. The molecule has 134 valence electrons. The van der Waals surface area contributed by atoms with Crippen LogP contribution in [0, 0.1) is 5.82 Å². The number of carbonyl (C=O) groups is 3. The summed E-state index contributed by atoms with van der Waals surface area (Å²) < 4.78 is 14.1.